The van der Waals surface area contributed by atoms with E-state index in [1.807, 2.05) is 28.8 Å². The van der Waals surface area contributed by atoms with E-state index in [1.54, 1.807) is 0 Å². The monoisotopic (exact) mass is 285 g/mol. The molecule has 112 valence electrons. The lowest BCUT2D eigenvalue weighted by atomic mass is 10.1. The summed E-state index contributed by atoms with van der Waals surface area (Å²) in [4.78, 5) is 16.2. The van der Waals surface area contributed by atoms with Crippen molar-refractivity contribution >= 4 is 11.0 Å². The SMILES string of the molecule is O=c1cnc2ccccc2n1CCNC1CCCCCC1. The highest BCUT2D eigenvalue weighted by Gasteiger charge is 2.11. The summed E-state index contributed by atoms with van der Waals surface area (Å²) in [6.45, 7) is 1.55. The summed E-state index contributed by atoms with van der Waals surface area (Å²) in [5, 5.41) is 3.62. The lowest BCUT2D eigenvalue weighted by molar-refractivity contribution is 0.445. The number of para-hydroxylation sites is 2. The van der Waals surface area contributed by atoms with Crippen molar-refractivity contribution in [2.45, 2.75) is 51.1 Å². The van der Waals surface area contributed by atoms with Crippen LogP contribution in [0.1, 0.15) is 38.5 Å². The molecule has 0 unspecified atom stereocenters. The zero-order valence-corrected chi connectivity index (χ0v) is 12.4. The summed E-state index contributed by atoms with van der Waals surface area (Å²) >= 11 is 0. The Kier molecular flexibility index (Phi) is 4.65. The van der Waals surface area contributed by atoms with Crippen LogP contribution in [0.3, 0.4) is 0 Å². The van der Waals surface area contributed by atoms with Gasteiger partial charge in [0.05, 0.1) is 17.2 Å². The second kappa shape index (κ2) is 6.85. The molecule has 0 bridgehead atoms. The number of rotatable bonds is 4. The first kappa shape index (κ1) is 14.3. The standard InChI is InChI=1S/C17H23N3O/c21-17-13-19-15-9-5-6-10-16(15)20(17)12-11-18-14-7-3-1-2-4-8-14/h5-6,9-10,13-14,18H,1-4,7-8,11-12H2. The normalized spacial score (nSPS) is 17.0. The van der Waals surface area contributed by atoms with Crippen LogP contribution in [0.15, 0.2) is 35.3 Å². The van der Waals surface area contributed by atoms with Gasteiger partial charge in [-0.25, -0.2) is 4.98 Å². The lowest BCUT2D eigenvalue weighted by Crippen LogP contribution is -2.33. The summed E-state index contributed by atoms with van der Waals surface area (Å²) in [6.07, 6.45) is 9.36. The Morgan fingerprint density at radius 2 is 1.90 bits per heavy atom. The number of aromatic nitrogens is 2. The zero-order valence-electron chi connectivity index (χ0n) is 12.4. The molecule has 4 heteroatoms. The number of nitrogens with one attached hydrogen (secondary N) is 1. The van der Waals surface area contributed by atoms with Gasteiger partial charge in [-0.05, 0) is 25.0 Å². The second-order valence-electron chi connectivity index (χ2n) is 5.88. The van der Waals surface area contributed by atoms with Gasteiger partial charge >= 0.3 is 0 Å². The van der Waals surface area contributed by atoms with Crippen molar-refractivity contribution < 1.29 is 0 Å². The Balaban J connectivity index is 1.67. The number of hydrogen-bond acceptors (Lipinski definition) is 3. The van der Waals surface area contributed by atoms with E-state index in [0.29, 0.717) is 12.6 Å². The third-order valence-corrected chi connectivity index (χ3v) is 4.38. The van der Waals surface area contributed by atoms with Crippen molar-refractivity contribution in [2.24, 2.45) is 0 Å². The van der Waals surface area contributed by atoms with Crippen molar-refractivity contribution in [3.63, 3.8) is 0 Å². The van der Waals surface area contributed by atoms with Gasteiger partial charge in [0.2, 0.25) is 0 Å². The molecule has 1 N–H and O–H groups in total. The fraction of sp³-hybridized carbons (Fsp3) is 0.529. The molecule has 0 atom stereocenters. The predicted octanol–water partition coefficient (Wildman–Crippen LogP) is 2.71. The summed E-state index contributed by atoms with van der Waals surface area (Å²) in [7, 11) is 0. The summed E-state index contributed by atoms with van der Waals surface area (Å²) in [5.74, 6) is 0. The predicted molar refractivity (Wildman–Crippen MR) is 85.5 cm³/mol. The van der Waals surface area contributed by atoms with E-state index >= 15 is 0 Å². The summed E-state index contributed by atoms with van der Waals surface area (Å²) in [6, 6.07) is 8.45. The molecule has 4 nitrogen and oxygen atoms in total. The topological polar surface area (TPSA) is 46.9 Å². The van der Waals surface area contributed by atoms with Crippen LogP contribution in [0.2, 0.25) is 0 Å². The quantitative estimate of drug-likeness (QED) is 0.879. The highest BCUT2D eigenvalue weighted by atomic mass is 16.1. The zero-order chi connectivity index (χ0) is 14.5. The van der Waals surface area contributed by atoms with Gasteiger partial charge < -0.3 is 9.88 Å². The van der Waals surface area contributed by atoms with Crippen LogP contribution in [0.5, 0.6) is 0 Å². The Morgan fingerprint density at radius 1 is 1.14 bits per heavy atom. The van der Waals surface area contributed by atoms with Crippen LogP contribution in [0, 0.1) is 0 Å². The summed E-state index contributed by atoms with van der Waals surface area (Å²) < 4.78 is 1.83. The number of fused-ring (bicyclic) bond motifs is 1. The van der Waals surface area contributed by atoms with Gasteiger partial charge in [0, 0.05) is 19.1 Å². The fourth-order valence-electron chi connectivity index (χ4n) is 3.21. The van der Waals surface area contributed by atoms with Gasteiger partial charge in [-0.3, -0.25) is 4.79 Å². The largest absolute Gasteiger partial charge is 0.312 e. The van der Waals surface area contributed by atoms with E-state index < -0.39 is 0 Å². The van der Waals surface area contributed by atoms with Gasteiger partial charge in [-0.1, -0.05) is 37.8 Å². The first-order valence-electron chi connectivity index (χ1n) is 8.02. The smallest absolute Gasteiger partial charge is 0.269 e. The Bertz CT molecular complexity index is 642. The molecule has 3 rings (SSSR count). The number of nitrogens with zero attached hydrogens (tertiary/aromatic N) is 2. The Labute approximate surface area is 125 Å². The molecule has 1 aliphatic rings. The molecule has 0 amide bonds. The van der Waals surface area contributed by atoms with Gasteiger partial charge in [-0.2, -0.15) is 0 Å². The van der Waals surface area contributed by atoms with E-state index in [4.69, 9.17) is 0 Å². The van der Waals surface area contributed by atoms with E-state index in [-0.39, 0.29) is 5.56 Å². The van der Waals surface area contributed by atoms with E-state index in [0.717, 1.165) is 17.6 Å². The molecular weight excluding hydrogens is 262 g/mol. The van der Waals surface area contributed by atoms with Crippen LogP contribution in [-0.4, -0.2) is 22.1 Å². The van der Waals surface area contributed by atoms with Crippen molar-refractivity contribution in [3.8, 4) is 0 Å². The molecule has 1 aliphatic carbocycles. The second-order valence-corrected chi connectivity index (χ2v) is 5.88. The molecule has 1 aromatic carbocycles. The molecule has 1 fully saturated rings. The molecule has 0 spiro atoms. The van der Waals surface area contributed by atoms with Crippen molar-refractivity contribution in [1.29, 1.82) is 0 Å². The van der Waals surface area contributed by atoms with Crippen LogP contribution in [0.25, 0.3) is 11.0 Å². The molecular formula is C17H23N3O. The van der Waals surface area contributed by atoms with Gasteiger partial charge in [-0.15, -0.1) is 0 Å². The van der Waals surface area contributed by atoms with E-state index in [1.165, 1.54) is 44.7 Å². The Morgan fingerprint density at radius 3 is 2.71 bits per heavy atom. The maximum Gasteiger partial charge on any atom is 0.269 e. The maximum absolute atomic E-state index is 12.0. The van der Waals surface area contributed by atoms with E-state index in [9.17, 15) is 4.79 Å². The third-order valence-electron chi connectivity index (χ3n) is 4.38. The molecule has 1 saturated carbocycles. The minimum atomic E-state index is -0.0173. The minimum Gasteiger partial charge on any atom is -0.312 e. The average molecular weight is 285 g/mol. The average Bonchev–Trinajstić information content (AvgIpc) is 2.78. The summed E-state index contributed by atoms with van der Waals surface area (Å²) in [5.41, 5.74) is 1.79. The van der Waals surface area contributed by atoms with Crippen LogP contribution in [0.4, 0.5) is 0 Å². The van der Waals surface area contributed by atoms with Crippen LogP contribution >= 0.6 is 0 Å². The Hall–Kier alpha value is -1.68. The molecule has 1 heterocycles. The molecule has 0 aliphatic heterocycles. The van der Waals surface area contributed by atoms with Crippen molar-refractivity contribution in [1.82, 2.24) is 14.9 Å². The van der Waals surface area contributed by atoms with Crippen LogP contribution < -0.4 is 10.9 Å². The molecule has 0 saturated heterocycles. The molecule has 0 radical (unpaired) electrons. The van der Waals surface area contributed by atoms with Gasteiger partial charge in [0.1, 0.15) is 0 Å². The first-order valence-corrected chi connectivity index (χ1v) is 8.02. The number of benzene rings is 1. The first-order chi connectivity index (χ1) is 10.3. The third kappa shape index (κ3) is 3.50. The molecule has 2 aromatic rings. The van der Waals surface area contributed by atoms with Crippen molar-refractivity contribution in [2.75, 3.05) is 6.54 Å². The number of hydrogen-bond donors (Lipinski definition) is 1. The fourth-order valence-corrected chi connectivity index (χ4v) is 3.21. The maximum atomic E-state index is 12.0. The molecule has 1 aromatic heterocycles. The highest BCUT2D eigenvalue weighted by molar-refractivity contribution is 5.74. The van der Waals surface area contributed by atoms with Crippen LogP contribution in [-0.2, 0) is 6.54 Å². The minimum absolute atomic E-state index is 0.0173. The highest BCUT2D eigenvalue weighted by Crippen LogP contribution is 2.17. The van der Waals surface area contributed by atoms with Gasteiger partial charge in [0.25, 0.3) is 5.56 Å². The van der Waals surface area contributed by atoms with Crippen molar-refractivity contribution in [3.05, 3.63) is 40.8 Å². The molecule has 21 heavy (non-hydrogen) atoms. The lowest BCUT2D eigenvalue weighted by Gasteiger charge is -2.17. The van der Waals surface area contributed by atoms with E-state index in [2.05, 4.69) is 10.3 Å². The van der Waals surface area contributed by atoms with Gasteiger partial charge in [0.15, 0.2) is 0 Å².